The van der Waals surface area contributed by atoms with Gasteiger partial charge >= 0.3 is 0 Å². The summed E-state index contributed by atoms with van der Waals surface area (Å²) in [6, 6.07) is 3.36. The predicted octanol–water partition coefficient (Wildman–Crippen LogP) is 3.06. The van der Waals surface area contributed by atoms with Crippen LogP contribution in [-0.4, -0.2) is 41.4 Å². The van der Waals surface area contributed by atoms with E-state index in [1.165, 1.54) is 37.8 Å². The summed E-state index contributed by atoms with van der Waals surface area (Å²) in [5, 5.41) is 8.45. The van der Waals surface area contributed by atoms with E-state index in [0.717, 1.165) is 19.0 Å². The first kappa shape index (κ1) is 16.5. The molecule has 1 unspecified atom stereocenters. The molecule has 1 saturated carbocycles. The molecule has 1 atom stereocenters. The second-order valence-electron chi connectivity index (χ2n) is 7.19. The lowest BCUT2D eigenvalue weighted by atomic mass is 10.0. The minimum Gasteiger partial charge on any atom is -0.308 e. The third-order valence-electron chi connectivity index (χ3n) is 4.28. The van der Waals surface area contributed by atoms with Crippen molar-refractivity contribution in [3.8, 4) is 0 Å². The molecule has 1 aromatic rings. The van der Waals surface area contributed by atoms with Crippen LogP contribution in [0.1, 0.15) is 57.7 Å². The smallest absolute Gasteiger partial charge is 0.0762 e. The van der Waals surface area contributed by atoms with E-state index in [1.807, 2.05) is 0 Å². The van der Waals surface area contributed by atoms with Gasteiger partial charge in [0.15, 0.2) is 0 Å². The van der Waals surface area contributed by atoms with Crippen molar-refractivity contribution in [1.29, 1.82) is 0 Å². The van der Waals surface area contributed by atoms with Crippen LogP contribution in [0.15, 0.2) is 12.3 Å². The highest BCUT2D eigenvalue weighted by atomic mass is 15.3. The fraction of sp³-hybridized carbons (Fsp3) is 0.824. The van der Waals surface area contributed by atoms with E-state index < -0.39 is 0 Å². The molecular weight excluding hydrogens is 260 g/mol. The van der Waals surface area contributed by atoms with Gasteiger partial charge in [0.25, 0.3) is 0 Å². The van der Waals surface area contributed by atoms with E-state index in [1.54, 1.807) is 0 Å². The van der Waals surface area contributed by atoms with Crippen LogP contribution in [0.4, 0.5) is 0 Å². The zero-order valence-corrected chi connectivity index (χ0v) is 14.2. The number of aromatic nitrogens is 2. The predicted molar refractivity (Wildman–Crippen MR) is 88.4 cm³/mol. The van der Waals surface area contributed by atoms with Gasteiger partial charge in [-0.1, -0.05) is 26.7 Å². The molecule has 1 heterocycles. The summed E-state index contributed by atoms with van der Waals surface area (Å²) in [4.78, 5) is 2.26. The molecule has 1 fully saturated rings. The Labute approximate surface area is 129 Å². The van der Waals surface area contributed by atoms with Crippen LogP contribution < -0.4 is 5.32 Å². The van der Waals surface area contributed by atoms with Crippen molar-refractivity contribution in [2.45, 2.75) is 64.6 Å². The van der Waals surface area contributed by atoms with Gasteiger partial charge in [0.1, 0.15) is 0 Å². The Kier molecular flexibility index (Phi) is 6.24. The summed E-state index contributed by atoms with van der Waals surface area (Å²) in [7, 11) is 4.29. The van der Waals surface area contributed by atoms with Crippen LogP contribution in [-0.2, 0) is 6.54 Å². The van der Waals surface area contributed by atoms with Crippen LogP contribution in [0, 0.1) is 5.92 Å². The van der Waals surface area contributed by atoms with Crippen LogP contribution in [0.2, 0.25) is 0 Å². The molecule has 120 valence electrons. The lowest BCUT2D eigenvalue weighted by molar-refractivity contribution is 0.304. The molecule has 0 amide bonds. The lowest BCUT2D eigenvalue weighted by Crippen LogP contribution is -2.38. The summed E-state index contributed by atoms with van der Waals surface area (Å²) >= 11 is 0. The Morgan fingerprint density at radius 1 is 1.33 bits per heavy atom. The number of nitrogens with one attached hydrogen (secondary N) is 1. The molecule has 1 N–H and O–H groups in total. The Hall–Kier alpha value is -0.870. The van der Waals surface area contributed by atoms with Gasteiger partial charge in [0.2, 0.25) is 0 Å². The highest BCUT2D eigenvalue weighted by Crippen LogP contribution is 2.28. The Morgan fingerprint density at radius 2 is 2.05 bits per heavy atom. The fourth-order valence-corrected chi connectivity index (χ4v) is 3.32. The molecule has 21 heavy (non-hydrogen) atoms. The molecule has 0 radical (unpaired) electrons. The topological polar surface area (TPSA) is 33.1 Å². The zero-order chi connectivity index (χ0) is 15.2. The number of rotatable bonds is 8. The number of likely N-dealkylation sites (N-methyl/N-ethyl adjacent to an activating group) is 1. The van der Waals surface area contributed by atoms with Crippen LogP contribution in [0.5, 0.6) is 0 Å². The normalized spacial score (nSPS) is 18.0. The van der Waals surface area contributed by atoms with Gasteiger partial charge in [0, 0.05) is 25.3 Å². The molecule has 0 spiro atoms. The molecular formula is C17H32N4. The van der Waals surface area contributed by atoms with Crippen LogP contribution in [0.3, 0.4) is 0 Å². The molecule has 1 aliphatic carbocycles. The molecule has 0 saturated heterocycles. The first-order valence-corrected chi connectivity index (χ1v) is 8.46. The summed E-state index contributed by atoms with van der Waals surface area (Å²) < 4.78 is 2.19. The second-order valence-corrected chi connectivity index (χ2v) is 7.19. The minimum atomic E-state index is 0.539. The van der Waals surface area contributed by atoms with E-state index in [0.29, 0.717) is 12.1 Å². The van der Waals surface area contributed by atoms with E-state index in [2.05, 4.69) is 55.1 Å². The Morgan fingerprint density at radius 3 is 2.67 bits per heavy atom. The average molecular weight is 292 g/mol. The Balaban J connectivity index is 1.84. The summed E-state index contributed by atoms with van der Waals surface area (Å²) in [6.07, 6.45) is 8.68. The third-order valence-corrected chi connectivity index (χ3v) is 4.28. The Bertz CT molecular complexity index is 395. The number of hydrogen-bond acceptors (Lipinski definition) is 3. The highest BCUT2D eigenvalue weighted by molar-refractivity contribution is 5.00. The number of hydrogen-bond donors (Lipinski definition) is 1. The first-order chi connectivity index (χ1) is 10.0. The van der Waals surface area contributed by atoms with Crippen LogP contribution in [0.25, 0.3) is 0 Å². The van der Waals surface area contributed by atoms with Crippen molar-refractivity contribution in [2.24, 2.45) is 5.92 Å². The molecule has 1 aliphatic rings. The monoisotopic (exact) mass is 292 g/mol. The molecule has 0 aromatic carbocycles. The minimum absolute atomic E-state index is 0.539. The summed E-state index contributed by atoms with van der Waals surface area (Å²) in [5.74, 6) is 0.721. The van der Waals surface area contributed by atoms with Gasteiger partial charge in [-0.15, -0.1) is 0 Å². The fourth-order valence-electron chi connectivity index (χ4n) is 3.32. The van der Waals surface area contributed by atoms with Crippen molar-refractivity contribution in [3.63, 3.8) is 0 Å². The molecule has 4 heteroatoms. The van der Waals surface area contributed by atoms with Gasteiger partial charge in [-0.25, -0.2) is 0 Å². The van der Waals surface area contributed by atoms with Crippen molar-refractivity contribution in [1.82, 2.24) is 20.0 Å². The maximum Gasteiger partial charge on any atom is 0.0762 e. The maximum atomic E-state index is 4.76. The third kappa shape index (κ3) is 5.44. The van der Waals surface area contributed by atoms with E-state index in [-0.39, 0.29) is 0 Å². The largest absolute Gasteiger partial charge is 0.308 e. The van der Waals surface area contributed by atoms with E-state index in [9.17, 15) is 0 Å². The highest BCUT2D eigenvalue weighted by Gasteiger charge is 2.18. The summed E-state index contributed by atoms with van der Waals surface area (Å²) in [5.41, 5.74) is 1.18. The van der Waals surface area contributed by atoms with Crippen molar-refractivity contribution in [2.75, 3.05) is 20.6 Å². The van der Waals surface area contributed by atoms with Gasteiger partial charge in [0.05, 0.1) is 11.7 Å². The average Bonchev–Trinajstić information content (AvgIpc) is 3.05. The van der Waals surface area contributed by atoms with E-state index >= 15 is 0 Å². The van der Waals surface area contributed by atoms with Gasteiger partial charge in [-0.05, 0) is 45.3 Å². The van der Waals surface area contributed by atoms with Crippen molar-refractivity contribution < 1.29 is 0 Å². The van der Waals surface area contributed by atoms with Gasteiger partial charge in [-0.2, -0.15) is 5.10 Å². The van der Waals surface area contributed by atoms with Crippen molar-refractivity contribution >= 4 is 0 Å². The van der Waals surface area contributed by atoms with Crippen LogP contribution >= 0.6 is 0 Å². The quantitative estimate of drug-likeness (QED) is 0.799. The standard InChI is InChI=1S/C17H32N4/c1-14(2)11-16(13-20(3)4)18-12-15-9-10-21(19-15)17-7-5-6-8-17/h9-10,14,16-18H,5-8,11-13H2,1-4H3. The van der Waals surface area contributed by atoms with Gasteiger partial charge in [-0.3, -0.25) is 4.68 Å². The molecule has 0 bridgehead atoms. The maximum absolute atomic E-state index is 4.76. The lowest BCUT2D eigenvalue weighted by Gasteiger charge is -2.23. The second kappa shape index (κ2) is 7.95. The van der Waals surface area contributed by atoms with E-state index in [4.69, 9.17) is 5.10 Å². The first-order valence-electron chi connectivity index (χ1n) is 8.46. The summed E-state index contributed by atoms with van der Waals surface area (Å²) in [6.45, 7) is 6.55. The number of nitrogens with zero attached hydrogens (tertiary/aromatic N) is 3. The molecule has 0 aliphatic heterocycles. The van der Waals surface area contributed by atoms with Crippen molar-refractivity contribution in [3.05, 3.63) is 18.0 Å². The molecule has 4 nitrogen and oxygen atoms in total. The molecule has 2 rings (SSSR count). The molecule has 1 aromatic heterocycles. The SMILES string of the molecule is CC(C)CC(CN(C)C)NCc1ccn(C2CCCC2)n1. The zero-order valence-electron chi connectivity index (χ0n) is 14.2. The van der Waals surface area contributed by atoms with Gasteiger partial charge < -0.3 is 10.2 Å².